The van der Waals surface area contributed by atoms with Crippen LogP contribution in [-0.2, 0) is 6.42 Å². The van der Waals surface area contributed by atoms with Gasteiger partial charge in [0.15, 0.2) is 16.5 Å². The van der Waals surface area contributed by atoms with Crippen LogP contribution in [0.3, 0.4) is 0 Å². The zero-order valence-corrected chi connectivity index (χ0v) is 12.4. The molecule has 102 valence electrons. The Labute approximate surface area is 121 Å². The van der Waals surface area contributed by atoms with Crippen LogP contribution in [0.5, 0.6) is 11.5 Å². The number of alkyl halides is 1. The normalized spacial score (nSPS) is 10.5. The molecule has 0 N–H and O–H groups in total. The fraction of sp³-hybridized carbons (Fsp3) is 0.385. The van der Waals surface area contributed by atoms with Gasteiger partial charge in [0.2, 0.25) is 0 Å². The minimum absolute atomic E-state index is 0.636. The van der Waals surface area contributed by atoms with Crippen LogP contribution in [0, 0.1) is 0 Å². The number of aryl methyl sites for hydroxylation is 1. The van der Waals surface area contributed by atoms with Crippen molar-refractivity contribution in [2.75, 3.05) is 20.1 Å². The number of nitrogens with zero attached hydrogens (tertiary/aromatic N) is 2. The first kappa shape index (κ1) is 14.1. The number of para-hydroxylation sites is 1. The van der Waals surface area contributed by atoms with Gasteiger partial charge in [-0.1, -0.05) is 17.4 Å². The van der Waals surface area contributed by atoms with E-state index < -0.39 is 0 Å². The maximum Gasteiger partial charge on any atom is 0.171 e. The Morgan fingerprint density at radius 1 is 1.21 bits per heavy atom. The van der Waals surface area contributed by atoms with Gasteiger partial charge < -0.3 is 9.47 Å². The Balaban J connectivity index is 2.33. The fourth-order valence-electron chi connectivity index (χ4n) is 1.74. The van der Waals surface area contributed by atoms with Gasteiger partial charge in [0.1, 0.15) is 5.01 Å². The molecule has 6 heteroatoms. The Kier molecular flexibility index (Phi) is 4.99. The van der Waals surface area contributed by atoms with Gasteiger partial charge in [0, 0.05) is 12.3 Å². The zero-order valence-electron chi connectivity index (χ0n) is 10.9. The summed E-state index contributed by atoms with van der Waals surface area (Å²) in [5.41, 5.74) is 0.900. The first-order valence-electron chi connectivity index (χ1n) is 5.90. The van der Waals surface area contributed by atoms with Gasteiger partial charge in [-0.25, -0.2) is 0 Å². The van der Waals surface area contributed by atoms with E-state index in [1.165, 1.54) is 0 Å². The maximum atomic E-state index is 5.68. The van der Waals surface area contributed by atoms with Crippen LogP contribution in [0.25, 0.3) is 10.6 Å². The van der Waals surface area contributed by atoms with Gasteiger partial charge >= 0.3 is 0 Å². The average Bonchev–Trinajstić information content (AvgIpc) is 2.92. The molecular formula is C13H15ClN2O2S. The lowest BCUT2D eigenvalue weighted by Gasteiger charge is -2.10. The molecule has 0 fully saturated rings. The summed E-state index contributed by atoms with van der Waals surface area (Å²) in [7, 11) is 3.24. The van der Waals surface area contributed by atoms with Gasteiger partial charge in [-0.3, -0.25) is 0 Å². The van der Waals surface area contributed by atoms with Crippen LogP contribution in [-0.4, -0.2) is 30.3 Å². The van der Waals surface area contributed by atoms with Crippen molar-refractivity contribution < 1.29 is 9.47 Å². The van der Waals surface area contributed by atoms with Crippen molar-refractivity contribution in [2.45, 2.75) is 12.8 Å². The molecule has 1 aromatic heterocycles. The van der Waals surface area contributed by atoms with Crippen LogP contribution < -0.4 is 9.47 Å². The van der Waals surface area contributed by atoms with Gasteiger partial charge in [-0.2, -0.15) is 0 Å². The van der Waals surface area contributed by atoms with Gasteiger partial charge in [0.25, 0.3) is 0 Å². The fourth-order valence-corrected chi connectivity index (χ4v) is 2.77. The van der Waals surface area contributed by atoms with Crippen molar-refractivity contribution in [2.24, 2.45) is 0 Å². The summed E-state index contributed by atoms with van der Waals surface area (Å²) in [6.07, 6.45) is 1.76. The molecule has 2 rings (SSSR count). The second-order valence-corrected chi connectivity index (χ2v) is 5.27. The highest BCUT2D eigenvalue weighted by molar-refractivity contribution is 7.14. The third-order valence-corrected chi connectivity index (χ3v) is 3.91. The third kappa shape index (κ3) is 3.16. The monoisotopic (exact) mass is 298 g/mol. The Morgan fingerprint density at radius 3 is 2.74 bits per heavy atom. The highest BCUT2D eigenvalue weighted by atomic mass is 35.5. The number of methoxy groups -OCH3 is 2. The van der Waals surface area contributed by atoms with E-state index in [1.54, 1.807) is 25.6 Å². The molecule has 0 spiro atoms. The Hall–Kier alpha value is -1.33. The number of hydrogen-bond acceptors (Lipinski definition) is 5. The summed E-state index contributed by atoms with van der Waals surface area (Å²) < 4.78 is 10.7. The molecule has 0 aliphatic rings. The molecular weight excluding hydrogens is 284 g/mol. The molecule has 1 aromatic carbocycles. The summed E-state index contributed by atoms with van der Waals surface area (Å²) >= 11 is 7.24. The topological polar surface area (TPSA) is 44.2 Å². The average molecular weight is 299 g/mol. The van der Waals surface area contributed by atoms with Crippen molar-refractivity contribution in [3.05, 3.63) is 23.2 Å². The molecule has 0 saturated heterocycles. The highest BCUT2D eigenvalue weighted by Crippen LogP contribution is 2.38. The first-order chi connectivity index (χ1) is 9.30. The predicted octanol–water partition coefficient (Wildman–Crippen LogP) is 3.39. The predicted molar refractivity (Wildman–Crippen MR) is 77.5 cm³/mol. The summed E-state index contributed by atoms with van der Waals surface area (Å²) in [6, 6.07) is 5.72. The lowest BCUT2D eigenvalue weighted by atomic mass is 10.2. The summed E-state index contributed by atoms with van der Waals surface area (Å²) in [6.45, 7) is 0. The van der Waals surface area contributed by atoms with E-state index in [2.05, 4.69) is 10.2 Å². The van der Waals surface area contributed by atoms with Crippen LogP contribution in [0.1, 0.15) is 11.4 Å². The van der Waals surface area contributed by atoms with Crippen molar-refractivity contribution in [3.63, 3.8) is 0 Å². The van der Waals surface area contributed by atoms with Crippen LogP contribution in [0.15, 0.2) is 18.2 Å². The molecule has 0 aliphatic heterocycles. The van der Waals surface area contributed by atoms with Crippen molar-refractivity contribution in [1.29, 1.82) is 0 Å². The number of hydrogen-bond donors (Lipinski definition) is 0. The summed E-state index contributed by atoms with van der Waals surface area (Å²) in [5.74, 6) is 2.01. The van der Waals surface area contributed by atoms with E-state index in [4.69, 9.17) is 21.1 Å². The van der Waals surface area contributed by atoms with Crippen molar-refractivity contribution >= 4 is 22.9 Å². The third-order valence-electron chi connectivity index (χ3n) is 2.62. The molecule has 0 aliphatic carbocycles. The summed E-state index contributed by atoms with van der Waals surface area (Å²) in [5, 5.41) is 10.2. The van der Waals surface area contributed by atoms with E-state index in [9.17, 15) is 0 Å². The summed E-state index contributed by atoms with van der Waals surface area (Å²) in [4.78, 5) is 0. The van der Waals surface area contributed by atoms with Crippen LogP contribution >= 0.6 is 22.9 Å². The largest absolute Gasteiger partial charge is 0.493 e. The van der Waals surface area contributed by atoms with E-state index >= 15 is 0 Å². The second-order valence-electron chi connectivity index (χ2n) is 3.83. The standard InChI is InChI=1S/C13H15ClN2O2S/c1-17-10-6-3-5-9(12(10)18-2)13-16-15-11(19-13)7-4-8-14/h3,5-6H,4,7-8H2,1-2H3. The molecule has 0 bridgehead atoms. The molecule has 4 nitrogen and oxygen atoms in total. The second kappa shape index (κ2) is 6.73. The zero-order chi connectivity index (χ0) is 13.7. The highest BCUT2D eigenvalue weighted by Gasteiger charge is 2.15. The van der Waals surface area contributed by atoms with Crippen LogP contribution in [0.4, 0.5) is 0 Å². The molecule has 0 radical (unpaired) electrons. The molecule has 0 amide bonds. The minimum Gasteiger partial charge on any atom is -0.493 e. The number of ether oxygens (including phenoxy) is 2. The van der Waals surface area contributed by atoms with E-state index in [1.807, 2.05) is 18.2 Å². The van der Waals surface area contributed by atoms with Crippen molar-refractivity contribution in [1.82, 2.24) is 10.2 Å². The van der Waals surface area contributed by atoms with E-state index in [0.717, 1.165) is 28.4 Å². The van der Waals surface area contributed by atoms with E-state index in [-0.39, 0.29) is 0 Å². The SMILES string of the molecule is COc1cccc(-c2nnc(CCCCl)s2)c1OC. The molecule has 19 heavy (non-hydrogen) atoms. The Bertz CT molecular complexity index is 545. The Morgan fingerprint density at radius 2 is 2.05 bits per heavy atom. The van der Waals surface area contributed by atoms with Crippen molar-refractivity contribution in [3.8, 4) is 22.1 Å². The van der Waals surface area contributed by atoms with Gasteiger partial charge in [0.05, 0.1) is 19.8 Å². The lowest BCUT2D eigenvalue weighted by Crippen LogP contribution is -1.92. The van der Waals surface area contributed by atoms with Gasteiger partial charge in [-0.15, -0.1) is 21.8 Å². The molecule has 0 atom stereocenters. The lowest BCUT2D eigenvalue weighted by molar-refractivity contribution is 0.356. The van der Waals surface area contributed by atoms with Gasteiger partial charge in [-0.05, 0) is 18.6 Å². The number of rotatable bonds is 6. The van der Waals surface area contributed by atoms with E-state index in [0.29, 0.717) is 17.4 Å². The number of aromatic nitrogens is 2. The maximum absolute atomic E-state index is 5.68. The number of halogens is 1. The molecule has 1 heterocycles. The van der Waals surface area contributed by atoms with Crippen LogP contribution in [0.2, 0.25) is 0 Å². The minimum atomic E-state index is 0.636. The smallest absolute Gasteiger partial charge is 0.171 e. The number of benzene rings is 1. The molecule has 2 aromatic rings. The molecule has 0 saturated carbocycles. The molecule has 0 unspecified atom stereocenters. The first-order valence-corrected chi connectivity index (χ1v) is 7.25. The quantitative estimate of drug-likeness (QED) is 0.767.